The van der Waals surface area contributed by atoms with Crippen molar-refractivity contribution in [1.29, 1.82) is 0 Å². The lowest BCUT2D eigenvalue weighted by molar-refractivity contribution is -0.140. The van der Waals surface area contributed by atoms with E-state index in [4.69, 9.17) is 0 Å². The molecule has 0 bridgehead atoms. The van der Waals surface area contributed by atoms with E-state index >= 15 is 0 Å². The Bertz CT molecular complexity index is 285. The van der Waals surface area contributed by atoms with E-state index in [0.29, 0.717) is 0 Å². The van der Waals surface area contributed by atoms with Gasteiger partial charge < -0.3 is 24.8 Å². The van der Waals surface area contributed by atoms with Gasteiger partial charge >= 0.3 is 24.1 Å². The molecule has 17 heavy (non-hydrogen) atoms. The van der Waals surface area contributed by atoms with E-state index < -0.39 is 37.2 Å². The number of hydrogen-bond donors (Lipinski definition) is 2. The Balaban J connectivity index is 3.77. The van der Waals surface area contributed by atoms with Gasteiger partial charge in [-0.3, -0.25) is 9.59 Å². The van der Waals surface area contributed by atoms with Gasteiger partial charge in [0.05, 0.1) is 14.2 Å². The number of carbonyl (C=O) groups is 4. The first kappa shape index (κ1) is 14.7. The molecule has 0 spiro atoms. The Labute approximate surface area is 96.4 Å². The second-order valence-corrected chi connectivity index (χ2v) is 2.54. The Morgan fingerprint density at radius 2 is 1.18 bits per heavy atom. The van der Waals surface area contributed by atoms with Crippen LogP contribution in [0.1, 0.15) is 0 Å². The number of carbonyl (C=O) groups excluding carboxylic acids is 4. The van der Waals surface area contributed by atoms with Crippen molar-refractivity contribution in [2.75, 3.05) is 27.3 Å². The Hall–Kier alpha value is -2.32. The minimum atomic E-state index is -1.14. The summed E-state index contributed by atoms with van der Waals surface area (Å²) in [7, 11) is 2.27. The average molecular weight is 248 g/mol. The Morgan fingerprint density at radius 1 is 0.824 bits per heavy atom. The molecule has 0 rings (SSSR count). The van der Waals surface area contributed by atoms with Crippen molar-refractivity contribution in [2.45, 2.75) is 0 Å². The predicted octanol–water partition coefficient (Wildman–Crippen LogP) is -1.23. The second-order valence-electron chi connectivity index (χ2n) is 2.54. The maximum Gasteiger partial charge on any atom is 0.416 e. The molecule has 0 heterocycles. The Morgan fingerprint density at radius 3 is 1.47 bits per heavy atom. The van der Waals surface area contributed by atoms with Gasteiger partial charge in [0.1, 0.15) is 13.1 Å². The number of rotatable bonds is 4. The van der Waals surface area contributed by atoms with Crippen LogP contribution >= 0.6 is 0 Å². The molecule has 0 fully saturated rings. The largest absolute Gasteiger partial charge is 0.468 e. The van der Waals surface area contributed by atoms with Crippen molar-refractivity contribution in [3.05, 3.63) is 0 Å². The molecule has 0 radical (unpaired) electrons. The fraction of sp³-hybridized carbons (Fsp3) is 0.500. The quantitative estimate of drug-likeness (QED) is 0.363. The smallest absolute Gasteiger partial charge is 0.416 e. The number of amides is 2. The normalized spacial score (nSPS) is 8.82. The van der Waals surface area contributed by atoms with E-state index in [1.807, 2.05) is 10.6 Å². The lowest BCUT2D eigenvalue weighted by Crippen LogP contribution is -2.37. The topological polar surface area (TPSA) is 120 Å². The fourth-order valence-electron chi connectivity index (χ4n) is 0.589. The molecule has 0 atom stereocenters. The summed E-state index contributed by atoms with van der Waals surface area (Å²) in [5.74, 6) is -1.39. The van der Waals surface area contributed by atoms with Crippen LogP contribution in [0.3, 0.4) is 0 Å². The molecule has 0 aliphatic rings. The number of nitrogens with one attached hydrogen (secondary N) is 2. The predicted molar refractivity (Wildman–Crippen MR) is 51.9 cm³/mol. The van der Waals surface area contributed by atoms with E-state index in [-0.39, 0.29) is 0 Å². The molecule has 96 valence electrons. The van der Waals surface area contributed by atoms with Crippen LogP contribution in [-0.4, -0.2) is 51.4 Å². The summed E-state index contributed by atoms with van der Waals surface area (Å²) in [6.07, 6.45) is -2.28. The van der Waals surface area contributed by atoms with Gasteiger partial charge in [0.15, 0.2) is 0 Å². The molecular weight excluding hydrogens is 236 g/mol. The van der Waals surface area contributed by atoms with Crippen LogP contribution < -0.4 is 10.6 Å². The highest BCUT2D eigenvalue weighted by atomic mass is 16.6. The van der Waals surface area contributed by atoms with Gasteiger partial charge in [-0.25, -0.2) is 9.59 Å². The van der Waals surface area contributed by atoms with E-state index in [2.05, 4.69) is 14.2 Å². The van der Waals surface area contributed by atoms with Crippen molar-refractivity contribution in [3.63, 3.8) is 0 Å². The zero-order chi connectivity index (χ0) is 13.3. The van der Waals surface area contributed by atoms with Crippen molar-refractivity contribution in [3.8, 4) is 0 Å². The number of ether oxygens (including phenoxy) is 3. The van der Waals surface area contributed by atoms with Crippen molar-refractivity contribution >= 4 is 24.1 Å². The summed E-state index contributed by atoms with van der Waals surface area (Å²) in [5, 5.41) is 3.91. The summed E-state index contributed by atoms with van der Waals surface area (Å²) >= 11 is 0. The molecule has 0 aromatic heterocycles. The number of alkyl carbamates (subject to hydrolysis) is 2. The summed E-state index contributed by atoms with van der Waals surface area (Å²) in [6, 6.07) is 0. The number of methoxy groups -OCH3 is 2. The highest BCUT2D eigenvalue weighted by Crippen LogP contribution is 1.81. The average Bonchev–Trinajstić information content (AvgIpc) is 2.32. The van der Waals surface area contributed by atoms with Crippen LogP contribution in [0, 0.1) is 0 Å². The van der Waals surface area contributed by atoms with Gasteiger partial charge in [0, 0.05) is 0 Å². The van der Waals surface area contributed by atoms with E-state index in [9.17, 15) is 19.2 Å². The SMILES string of the molecule is COC(=O)CNC(=O)OC(=O)NCC(=O)OC. The zero-order valence-electron chi connectivity index (χ0n) is 9.27. The van der Waals surface area contributed by atoms with Crippen LogP contribution in [0.2, 0.25) is 0 Å². The highest BCUT2D eigenvalue weighted by molar-refractivity contribution is 5.87. The maximum atomic E-state index is 10.9. The molecule has 0 aliphatic carbocycles. The molecule has 2 amide bonds. The van der Waals surface area contributed by atoms with Gasteiger partial charge in [-0.2, -0.15) is 0 Å². The minimum Gasteiger partial charge on any atom is -0.468 e. The van der Waals surface area contributed by atoms with Crippen LogP contribution in [0.15, 0.2) is 0 Å². The molecule has 0 unspecified atom stereocenters. The summed E-state index contributed by atoms with van der Waals surface area (Å²) in [4.78, 5) is 42.9. The van der Waals surface area contributed by atoms with Gasteiger partial charge in [0.25, 0.3) is 0 Å². The molecule has 9 nitrogen and oxygen atoms in total. The van der Waals surface area contributed by atoms with E-state index in [1.54, 1.807) is 0 Å². The van der Waals surface area contributed by atoms with Crippen LogP contribution in [0.4, 0.5) is 9.59 Å². The lowest BCUT2D eigenvalue weighted by Gasteiger charge is -2.05. The standard InChI is InChI=1S/C8H12N2O7/c1-15-5(11)3-9-7(13)17-8(14)10-4-6(12)16-2/h3-4H2,1-2H3,(H,9,13)(H,10,14). The van der Waals surface area contributed by atoms with E-state index in [1.165, 1.54) is 0 Å². The molecule has 0 saturated heterocycles. The van der Waals surface area contributed by atoms with Gasteiger partial charge in [-0.15, -0.1) is 0 Å². The van der Waals surface area contributed by atoms with E-state index in [0.717, 1.165) is 14.2 Å². The third-order valence-corrected chi connectivity index (χ3v) is 1.39. The number of esters is 2. The lowest BCUT2D eigenvalue weighted by atomic mass is 10.6. The highest BCUT2D eigenvalue weighted by Gasteiger charge is 2.12. The second kappa shape index (κ2) is 7.91. The third-order valence-electron chi connectivity index (χ3n) is 1.39. The molecule has 2 N–H and O–H groups in total. The molecular formula is C8H12N2O7. The summed E-state index contributed by atoms with van der Waals surface area (Å²) in [6.45, 7) is -0.862. The van der Waals surface area contributed by atoms with Crippen molar-refractivity contribution < 1.29 is 33.4 Å². The molecule has 0 saturated carbocycles. The zero-order valence-corrected chi connectivity index (χ0v) is 9.27. The molecule has 0 aromatic rings. The third kappa shape index (κ3) is 7.59. The first-order valence-electron chi connectivity index (χ1n) is 4.36. The molecule has 0 aliphatic heterocycles. The molecule has 0 aromatic carbocycles. The Kier molecular flexibility index (Phi) is 6.83. The first-order valence-corrected chi connectivity index (χ1v) is 4.36. The van der Waals surface area contributed by atoms with Gasteiger partial charge in [-0.05, 0) is 0 Å². The van der Waals surface area contributed by atoms with Crippen LogP contribution in [0.5, 0.6) is 0 Å². The van der Waals surface area contributed by atoms with Gasteiger partial charge in [-0.1, -0.05) is 0 Å². The number of hydrogen-bond acceptors (Lipinski definition) is 7. The molecule has 9 heteroatoms. The summed E-state index contributed by atoms with van der Waals surface area (Å²) < 4.78 is 12.6. The minimum absolute atomic E-state index is 0.431. The van der Waals surface area contributed by atoms with Crippen molar-refractivity contribution in [2.24, 2.45) is 0 Å². The monoisotopic (exact) mass is 248 g/mol. The van der Waals surface area contributed by atoms with Crippen LogP contribution in [0.25, 0.3) is 0 Å². The maximum absolute atomic E-state index is 10.9. The van der Waals surface area contributed by atoms with Crippen molar-refractivity contribution in [1.82, 2.24) is 10.6 Å². The first-order chi connectivity index (χ1) is 7.99. The summed E-state index contributed by atoms with van der Waals surface area (Å²) in [5.41, 5.74) is 0. The fourth-order valence-corrected chi connectivity index (χ4v) is 0.589. The van der Waals surface area contributed by atoms with Crippen LogP contribution in [-0.2, 0) is 23.8 Å². The van der Waals surface area contributed by atoms with Gasteiger partial charge in [0.2, 0.25) is 0 Å².